The molecule has 1 atom stereocenters. The third-order valence-electron chi connectivity index (χ3n) is 1.60. The van der Waals surface area contributed by atoms with E-state index in [1.807, 2.05) is 6.92 Å². The summed E-state index contributed by atoms with van der Waals surface area (Å²) in [5.74, 6) is -0.856. The summed E-state index contributed by atoms with van der Waals surface area (Å²) in [6.07, 6.45) is 3.16. The van der Waals surface area contributed by atoms with Crippen LogP contribution < -0.4 is 5.32 Å². The Kier molecular flexibility index (Phi) is 2.88. The number of aliphatic carboxylic acids is 1. The third kappa shape index (κ3) is 2.39. The molecule has 1 heterocycles. The van der Waals surface area contributed by atoms with E-state index in [-0.39, 0.29) is 12.6 Å². The Balaban J connectivity index is 2.39. The maximum atomic E-state index is 10.2. The second-order valence-electron chi connectivity index (χ2n) is 2.55. The number of nitrogens with one attached hydrogen (secondary N) is 1. The van der Waals surface area contributed by atoms with E-state index >= 15 is 0 Å². The van der Waals surface area contributed by atoms with E-state index < -0.39 is 5.97 Å². The lowest BCUT2D eigenvalue weighted by atomic mass is 10.2. The van der Waals surface area contributed by atoms with Gasteiger partial charge in [-0.2, -0.15) is 0 Å². The fourth-order valence-corrected chi connectivity index (χ4v) is 0.880. The molecule has 1 aromatic rings. The second-order valence-corrected chi connectivity index (χ2v) is 2.55. The summed E-state index contributed by atoms with van der Waals surface area (Å²) in [5, 5.41) is 11.2. The summed E-state index contributed by atoms with van der Waals surface area (Å²) in [5.41, 5.74) is 0.955. The predicted octanol–water partition coefficient (Wildman–Crippen LogP) is 1.01. The molecule has 0 amide bonds. The largest absolute Gasteiger partial charge is 0.480 e. The van der Waals surface area contributed by atoms with Gasteiger partial charge in [0.25, 0.3) is 0 Å². The van der Waals surface area contributed by atoms with E-state index in [0.29, 0.717) is 0 Å². The molecule has 0 aliphatic carbocycles. The Labute approximate surface area is 70.2 Å². The molecule has 66 valence electrons. The maximum absolute atomic E-state index is 10.2. The van der Waals surface area contributed by atoms with Gasteiger partial charge in [-0.25, -0.2) is 0 Å². The predicted molar refractivity (Wildman–Crippen MR) is 42.8 cm³/mol. The van der Waals surface area contributed by atoms with Crippen LogP contribution in [0.3, 0.4) is 0 Å². The first kappa shape index (κ1) is 8.80. The van der Waals surface area contributed by atoms with Crippen LogP contribution in [0.25, 0.3) is 0 Å². The molecule has 0 saturated carbocycles. The van der Waals surface area contributed by atoms with Crippen molar-refractivity contribution in [3.63, 3.8) is 0 Å². The maximum Gasteiger partial charge on any atom is 0.317 e. The molecule has 0 aliphatic rings. The van der Waals surface area contributed by atoms with Crippen LogP contribution in [0.1, 0.15) is 18.5 Å². The highest BCUT2D eigenvalue weighted by Gasteiger charge is 2.06. The molecule has 0 aromatic carbocycles. The highest BCUT2D eigenvalue weighted by molar-refractivity contribution is 5.69. The number of carboxylic acids is 1. The molecule has 0 spiro atoms. The minimum atomic E-state index is -0.856. The summed E-state index contributed by atoms with van der Waals surface area (Å²) < 4.78 is 4.86. The van der Waals surface area contributed by atoms with Crippen molar-refractivity contribution in [3.8, 4) is 0 Å². The molecule has 0 bridgehead atoms. The van der Waals surface area contributed by atoms with Gasteiger partial charge in [0.1, 0.15) is 0 Å². The number of hydrogen-bond donors (Lipinski definition) is 2. The molecule has 0 aliphatic heterocycles. The molecule has 12 heavy (non-hydrogen) atoms. The summed E-state index contributed by atoms with van der Waals surface area (Å²) in [7, 11) is 0. The fourth-order valence-electron chi connectivity index (χ4n) is 0.880. The molecule has 2 N–H and O–H groups in total. The van der Waals surface area contributed by atoms with Crippen molar-refractivity contribution in [2.45, 2.75) is 13.0 Å². The van der Waals surface area contributed by atoms with Gasteiger partial charge >= 0.3 is 5.97 Å². The Morgan fingerprint density at radius 2 is 2.58 bits per heavy atom. The van der Waals surface area contributed by atoms with Crippen LogP contribution in [-0.4, -0.2) is 17.6 Å². The summed E-state index contributed by atoms with van der Waals surface area (Å²) in [4.78, 5) is 10.2. The molecular formula is C8H11NO3. The van der Waals surface area contributed by atoms with Crippen LogP contribution in [0.2, 0.25) is 0 Å². The number of hydrogen-bond acceptors (Lipinski definition) is 3. The van der Waals surface area contributed by atoms with Gasteiger partial charge in [0, 0.05) is 11.6 Å². The molecule has 1 rings (SSSR count). The molecule has 0 radical (unpaired) electrons. The van der Waals surface area contributed by atoms with Gasteiger partial charge in [-0.05, 0) is 13.0 Å². The number of carboxylic acid groups (broad SMARTS) is 1. The quantitative estimate of drug-likeness (QED) is 0.706. The minimum absolute atomic E-state index is 0.0137. The highest BCUT2D eigenvalue weighted by atomic mass is 16.4. The molecule has 4 nitrogen and oxygen atoms in total. The van der Waals surface area contributed by atoms with E-state index in [1.54, 1.807) is 18.6 Å². The lowest BCUT2D eigenvalue weighted by molar-refractivity contribution is -0.136. The van der Waals surface area contributed by atoms with Gasteiger partial charge < -0.3 is 14.8 Å². The third-order valence-corrected chi connectivity index (χ3v) is 1.60. The van der Waals surface area contributed by atoms with Crippen molar-refractivity contribution in [2.24, 2.45) is 0 Å². The SMILES string of the molecule is CC(NCC(=O)O)c1ccoc1. The fraction of sp³-hybridized carbons (Fsp3) is 0.375. The first-order valence-electron chi connectivity index (χ1n) is 3.67. The monoisotopic (exact) mass is 169 g/mol. The Morgan fingerprint density at radius 3 is 3.08 bits per heavy atom. The van der Waals surface area contributed by atoms with Crippen LogP contribution in [-0.2, 0) is 4.79 Å². The summed E-state index contributed by atoms with van der Waals surface area (Å²) in [6.45, 7) is 1.85. The topological polar surface area (TPSA) is 62.5 Å². The Hall–Kier alpha value is -1.29. The number of rotatable bonds is 4. The first-order chi connectivity index (χ1) is 5.70. The average molecular weight is 169 g/mol. The van der Waals surface area contributed by atoms with Crippen molar-refractivity contribution in [3.05, 3.63) is 24.2 Å². The highest BCUT2D eigenvalue weighted by Crippen LogP contribution is 2.11. The van der Waals surface area contributed by atoms with Gasteiger partial charge in [0.05, 0.1) is 19.1 Å². The van der Waals surface area contributed by atoms with Crippen molar-refractivity contribution in [1.82, 2.24) is 5.32 Å². The summed E-state index contributed by atoms with van der Waals surface area (Å²) in [6, 6.07) is 1.82. The number of furan rings is 1. The van der Waals surface area contributed by atoms with Gasteiger partial charge in [0.15, 0.2) is 0 Å². The first-order valence-corrected chi connectivity index (χ1v) is 3.67. The zero-order valence-corrected chi connectivity index (χ0v) is 6.78. The van der Waals surface area contributed by atoms with E-state index in [0.717, 1.165) is 5.56 Å². The van der Waals surface area contributed by atoms with Crippen molar-refractivity contribution in [1.29, 1.82) is 0 Å². The number of carbonyl (C=O) groups is 1. The summed E-state index contributed by atoms with van der Waals surface area (Å²) >= 11 is 0. The van der Waals surface area contributed by atoms with Crippen molar-refractivity contribution >= 4 is 5.97 Å². The average Bonchev–Trinajstić information content (AvgIpc) is 2.51. The van der Waals surface area contributed by atoms with Crippen LogP contribution in [0.4, 0.5) is 0 Å². The molecule has 4 heteroatoms. The molecule has 0 saturated heterocycles. The molecule has 0 fully saturated rings. The van der Waals surface area contributed by atoms with Crippen molar-refractivity contribution in [2.75, 3.05) is 6.54 Å². The van der Waals surface area contributed by atoms with Crippen molar-refractivity contribution < 1.29 is 14.3 Å². The molecular weight excluding hydrogens is 158 g/mol. The Bertz CT molecular complexity index is 243. The lowest BCUT2D eigenvalue weighted by Gasteiger charge is -2.08. The zero-order valence-electron chi connectivity index (χ0n) is 6.78. The lowest BCUT2D eigenvalue weighted by Crippen LogP contribution is -2.25. The molecule has 1 unspecified atom stereocenters. The standard InChI is InChI=1S/C8H11NO3/c1-6(9-4-8(10)11)7-2-3-12-5-7/h2-3,5-6,9H,4H2,1H3,(H,10,11). The smallest absolute Gasteiger partial charge is 0.317 e. The van der Waals surface area contributed by atoms with E-state index in [2.05, 4.69) is 5.32 Å². The van der Waals surface area contributed by atoms with E-state index in [9.17, 15) is 4.79 Å². The second kappa shape index (κ2) is 3.92. The van der Waals surface area contributed by atoms with Gasteiger partial charge in [-0.15, -0.1) is 0 Å². The van der Waals surface area contributed by atoms with Crippen LogP contribution in [0.15, 0.2) is 23.0 Å². The van der Waals surface area contributed by atoms with E-state index in [4.69, 9.17) is 9.52 Å². The minimum Gasteiger partial charge on any atom is -0.480 e. The normalized spacial score (nSPS) is 12.8. The Morgan fingerprint density at radius 1 is 1.83 bits per heavy atom. The van der Waals surface area contributed by atoms with Gasteiger partial charge in [-0.1, -0.05) is 0 Å². The van der Waals surface area contributed by atoms with Crippen LogP contribution in [0.5, 0.6) is 0 Å². The zero-order chi connectivity index (χ0) is 8.97. The molecule has 1 aromatic heterocycles. The van der Waals surface area contributed by atoms with Gasteiger partial charge in [0.2, 0.25) is 0 Å². The van der Waals surface area contributed by atoms with Crippen LogP contribution in [0, 0.1) is 0 Å². The van der Waals surface area contributed by atoms with Crippen LogP contribution >= 0.6 is 0 Å². The van der Waals surface area contributed by atoms with Gasteiger partial charge in [-0.3, -0.25) is 4.79 Å². The van der Waals surface area contributed by atoms with E-state index in [1.165, 1.54) is 0 Å².